The molecule has 0 saturated carbocycles. The van der Waals surface area contributed by atoms with E-state index in [1.165, 1.54) is 40.5 Å². The number of amides is 1. The van der Waals surface area contributed by atoms with Crippen molar-refractivity contribution < 1.29 is 9.72 Å². The quantitative estimate of drug-likeness (QED) is 0.431. The highest BCUT2D eigenvalue weighted by Crippen LogP contribution is 2.37. The van der Waals surface area contributed by atoms with E-state index in [-0.39, 0.29) is 11.6 Å². The molecule has 0 spiro atoms. The van der Waals surface area contributed by atoms with Crippen LogP contribution < -0.4 is 5.32 Å². The molecule has 0 saturated heterocycles. The molecule has 128 valence electrons. The van der Waals surface area contributed by atoms with Gasteiger partial charge >= 0.3 is 0 Å². The van der Waals surface area contributed by atoms with Crippen LogP contribution in [0.2, 0.25) is 0 Å². The fourth-order valence-corrected chi connectivity index (χ4v) is 3.43. The number of nitrogens with one attached hydrogen (secondary N) is 1. The van der Waals surface area contributed by atoms with Crippen LogP contribution in [0, 0.1) is 17.0 Å². The summed E-state index contributed by atoms with van der Waals surface area (Å²) in [6.07, 6.45) is 0.853. The molecule has 5 heteroatoms. The van der Waals surface area contributed by atoms with E-state index < -0.39 is 4.92 Å². The van der Waals surface area contributed by atoms with Crippen LogP contribution in [0.25, 0.3) is 11.1 Å². The Hall–Kier alpha value is -3.47. The van der Waals surface area contributed by atoms with Gasteiger partial charge in [0.05, 0.1) is 4.92 Å². The molecule has 1 aliphatic carbocycles. The minimum Gasteiger partial charge on any atom is -0.322 e. The highest BCUT2D eigenvalue weighted by atomic mass is 16.6. The lowest BCUT2D eigenvalue weighted by molar-refractivity contribution is -0.385. The van der Waals surface area contributed by atoms with Crippen molar-refractivity contribution in [2.75, 3.05) is 5.32 Å². The molecule has 0 bridgehead atoms. The number of carbonyl (C=O) groups is 1. The molecule has 4 rings (SSSR count). The van der Waals surface area contributed by atoms with Crippen molar-refractivity contribution >= 4 is 17.3 Å². The van der Waals surface area contributed by atoms with Crippen LogP contribution in [0.3, 0.4) is 0 Å². The molecule has 0 aliphatic heterocycles. The SMILES string of the molecule is Cc1cc(C(=O)Nc2ccc3c(c2)Cc2ccccc2-3)ccc1[N+](=O)[O-]. The molecule has 3 aromatic rings. The number of benzene rings is 3. The molecule has 0 heterocycles. The van der Waals surface area contributed by atoms with E-state index in [4.69, 9.17) is 0 Å². The van der Waals surface area contributed by atoms with E-state index in [1.807, 2.05) is 30.3 Å². The first kappa shape index (κ1) is 16.0. The summed E-state index contributed by atoms with van der Waals surface area (Å²) in [7, 11) is 0. The Kier molecular flexibility index (Phi) is 3.77. The molecule has 26 heavy (non-hydrogen) atoms. The van der Waals surface area contributed by atoms with Gasteiger partial charge in [-0.3, -0.25) is 14.9 Å². The number of anilines is 1. The molecule has 1 aliphatic rings. The van der Waals surface area contributed by atoms with Crippen LogP contribution in [-0.2, 0) is 6.42 Å². The van der Waals surface area contributed by atoms with Crippen molar-refractivity contribution in [3.63, 3.8) is 0 Å². The Balaban J connectivity index is 1.57. The van der Waals surface area contributed by atoms with Crippen molar-refractivity contribution in [2.24, 2.45) is 0 Å². The second-order valence-corrected chi connectivity index (χ2v) is 6.42. The Labute approximate surface area is 150 Å². The molecule has 1 N–H and O–H groups in total. The number of rotatable bonds is 3. The minimum atomic E-state index is -0.449. The Morgan fingerprint density at radius 1 is 1.00 bits per heavy atom. The van der Waals surface area contributed by atoms with Crippen LogP contribution in [-0.4, -0.2) is 10.8 Å². The summed E-state index contributed by atoms with van der Waals surface area (Å²) in [5.41, 5.74) is 6.51. The van der Waals surface area contributed by atoms with Crippen molar-refractivity contribution in [3.8, 4) is 11.1 Å². The number of hydrogen-bond acceptors (Lipinski definition) is 3. The maximum atomic E-state index is 12.5. The lowest BCUT2D eigenvalue weighted by atomic mass is 10.1. The lowest BCUT2D eigenvalue weighted by Crippen LogP contribution is -2.12. The van der Waals surface area contributed by atoms with Gasteiger partial charge in [-0.15, -0.1) is 0 Å². The molecule has 0 radical (unpaired) electrons. The van der Waals surface area contributed by atoms with Gasteiger partial charge in [0.1, 0.15) is 0 Å². The van der Waals surface area contributed by atoms with E-state index in [0.29, 0.717) is 11.1 Å². The van der Waals surface area contributed by atoms with Gasteiger partial charge in [-0.1, -0.05) is 30.3 Å². The Morgan fingerprint density at radius 3 is 2.54 bits per heavy atom. The van der Waals surface area contributed by atoms with Gasteiger partial charge in [0.2, 0.25) is 0 Å². The van der Waals surface area contributed by atoms with E-state index in [1.54, 1.807) is 6.92 Å². The fraction of sp³-hybridized carbons (Fsp3) is 0.0952. The smallest absolute Gasteiger partial charge is 0.272 e. The zero-order valence-electron chi connectivity index (χ0n) is 14.2. The molecular formula is C21H16N2O3. The zero-order valence-corrected chi connectivity index (χ0v) is 14.2. The lowest BCUT2D eigenvalue weighted by Gasteiger charge is -2.08. The number of aryl methyl sites for hydroxylation is 1. The van der Waals surface area contributed by atoms with Gasteiger partial charge in [0.15, 0.2) is 0 Å². The summed E-state index contributed by atoms with van der Waals surface area (Å²) < 4.78 is 0. The fourth-order valence-electron chi connectivity index (χ4n) is 3.43. The normalized spacial score (nSPS) is 11.6. The summed E-state index contributed by atoms with van der Waals surface area (Å²) in [5.74, 6) is -0.279. The van der Waals surface area contributed by atoms with Crippen molar-refractivity contribution in [1.29, 1.82) is 0 Å². The zero-order chi connectivity index (χ0) is 18.3. The molecular weight excluding hydrogens is 328 g/mol. The summed E-state index contributed by atoms with van der Waals surface area (Å²) in [4.78, 5) is 22.9. The van der Waals surface area contributed by atoms with Crippen molar-refractivity contribution in [1.82, 2.24) is 0 Å². The van der Waals surface area contributed by atoms with E-state index >= 15 is 0 Å². The summed E-state index contributed by atoms with van der Waals surface area (Å²) in [5, 5.41) is 13.8. The van der Waals surface area contributed by atoms with Gasteiger partial charge < -0.3 is 5.32 Å². The predicted octanol–water partition coefficient (Wildman–Crippen LogP) is 4.73. The first-order valence-electron chi connectivity index (χ1n) is 8.30. The Morgan fingerprint density at radius 2 is 1.77 bits per heavy atom. The van der Waals surface area contributed by atoms with Crippen LogP contribution >= 0.6 is 0 Å². The Bertz CT molecular complexity index is 1060. The standard InChI is InChI=1S/C21H16N2O3/c1-13-10-15(6-9-20(13)23(25)26)21(24)22-17-7-8-19-16(12-17)11-14-4-2-3-5-18(14)19/h2-10,12H,11H2,1H3,(H,22,24). The summed E-state index contributed by atoms with van der Waals surface area (Å²) in [6.45, 7) is 1.63. The third-order valence-electron chi connectivity index (χ3n) is 4.71. The number of fused-ring (bicyclic) bond motifs is 3. The first-order valence-corrected chi connectivity index (χ1v) is 8.30. The van der Waals surface area contributed by atoms with Gasteiger partial charge in [-0.25, -0.2) is 0 Å². The predicted molar refractivity (Wildman–Crippen MR) is 100 cm³/mol. The van der Waals surface area contributed by atoms with E-state index in [0.717, 1.165) is 12.1 Å². The van der Waals surface area contributed by atoms with Crippen LogP contribution in [0.5, 0.6) is 0 Å². The van der Waals surface area contributed by atoms with Crippen LogP contribution in [0.15, 0.2) is 60.7 Å². The number of nitro groups is 1. The summed E-state index contributed by atoms with van der Waals surface area (Å²) >= 11 is 0. The maximum Gasteiger partial charge on any atom is 0.272 e. The number of nitro benzene ring substituents is 1. The third-order valence-corrected chi connectivity index (χ3v) is 4.71. The van der Waals surface area contributed by atoms with Crippen LogP contribution in [0.1, 0.15) is 27.0 Å². The average molecular weight is 344 g/mol. The number of nitrogens with zero attached hydrogens (tertiary/aromatic N) is 1. The molecule has 0 unspecified atom stereocenters. The molecule has 0 fully saturated rings. The van der Waals surface area contributed by atoms with E-state index in [9.17, 15) is 14.9 Å². The van der Waals surface area contributed by atoms with Gasteiger partial charge in [-0.2, -0.15) is 0 Å². The average Bonchev–Trinajstić information content (AvgIpc) is 2.99. The van der Waals surface area contributed by atoms with Gasteiger partial charge in [0, 0.05) is 22.9 Å². The second-order valence-electron chi connectivity index (χ2n) is 6.42. The second kappa shape index (κ2) is 6.11. The molecule has 3 aromatic carbocycles. The molecule has 5 nitrogen and oxygen atoms in total. The first-order chi connectivity index (χ1) is 12.5. The summed E-state index contributed by atoms with van der Waals surface area (Å²) in [6, 6.07) is 18.6. The van der Waals surface area contributed by atoms with Crippen molar-refractivity contribution in [3.05, 3.63) is 93.0 Å². The minimum absolute atomic E-state index is 0.0110. The molecule has 1 amide bonds. The third kappa shape index (κ3) is 2.73. The van der Waals surface area contributed by atoms with Gasteiger partial charge in [0.25, 0.3) is 11.6 Å². The topological polar surface area (TPSA) is 72.2 Å². The van der Waals surface area contributed by atoms with E-state index in [2.05, 4.69) is 17.4 Å². The van der Waals surface area contributed by atoms with Crippen molar-refractivity contribution in [2.45, 2.75) is 13.3 Å². The maximum absolute atomic E-state index is 12.5. The highest BCUT2D eigenvalue weighted by molar-refractivity contribution is 6.04. The molecule has 0 atom stereocenters. The largest absolute Gasteiger partial charge is 0.322 e. The number of hydrogen-bond donors (Lipinski definition) is 1. The number of carbonyl (C=O) groups excluding carboxylic acids is 1. The van der Waals surface area contributed by atoms with Crippen LogP contribution in [0.4, 0.5) is 11.4 Å². The molecule has 0 aromatic heterocycles. The monoisotopic (exact) mass is 344 g/mol. The highest BCUT2D eigenvalue weighted by Gasteiger charge is 2.19. The van der Waals surface area contributed by atoms with Gasteiger partial charge in [-0.05, 0) is 59.9 Å².